The van der Waals surface area contributed by atoms with E-state index in [-0.39, 0.29) is 0 Å². The number of rotatable bonds is 3. The number of halogens is 2. The summed E-state index contributed by atoms with van der Waals surface area (Å²) in [5.74, 6) is 0. The van der Waals surface area contributed by atoms with Crippen LogP contribution in [0.1, 0.15) is 5.69 Å². The summed E-state index contributed by atoms with van der Waals surface area (Å²) >= 11 is 13.3. The first-order valence-corrected chi connectivity index (χ1v) is 6.18. The minimum atomic E-state index is 0.521. The minimum absolute atomic E-state index is 0.521. The SMILES string of the molecule is Nc1nc(CNc2cccc(Cl)c2Cl)cs1. The fraction of sp³-hybridized carbons (Fsp3) is 0.100. The number of nitrogens with one attached hydrogen (secondary N) is 1. The van der Waals surface area contributed by atoms with Crippen molar-refractivity contribution >= 4 is 45.4 Å². The summed E-state index contributed by atoms with van der Waals surface area (Å²) in [7, 11) is 0. The lowest BCUT2D eigenvalue weighted by Crippen LogP contribution is -2.00. The molecular weight excluding hydrogens is 265 g/mol. The standard InChI is InChI=1S/C10H9Cl2N3S/c11-7-2-1-3-8(9(7)12)14-4-6-5-16-10(13)15-6/h1-3,5,14H,4H2,(H2,13,15). The van der Waals surface area contributed by atoms with Crippen molar-refractivity contribution in [3.63, 3.8) is 0 Å². The highest BCUT2D eigenvalue weighted by Crippen LogP contribution is 2.29. The minimum Gasteiger partial charge on any atom is -0.378 e. The molecular formula is C10H9Cl2N3S. The maximum atomic E-state index is 6.03. The van der Waals surface area contributed by atoms with Crippen molar-refractivity contribution < 1.29 is 0 Å². The Kier molecular flexibility index (Phi) is 3.53. The Hall–Kier alpha value is -0.970. The van der Waals surface area contributed by atoms with Gasteiger partial charge in [0.1, 0.15) is 0 Å². The third-order valence-corrected chi connectivity index (χ3v) is 3.52. The van der Waals surface area contributed by atoms with Crippen LogP contribution in [-0.2, 0) is 6.54 Å². The zero-order valence-electron chi connectivity index (χ0n) is 8.21. The zero-order chi connectivity index (χ0) is 11.5. The van der Waals surface area contributed by atoms with Gasteiger partial charge in [0.15, 0.2) is 5.13 Å². The van der Waals surface area contributed by atoms with Gasteiger partial charge >= 0.3 is 0 Å². The molecule has 0 aliphatic heterocycles. The predicted octanol–water partition coefficient (Wildman–Crippen LogP) is 3.64. The molecule has 2 rings (SSSR count). The topological polar surface area (TPSA) is 50.9 Å². The normalized spacial score (nSPS) is 10.4. The fourth-order valence-electron chi connectivity index (χ4n) is 1.23. The van der Waals surface area contributed by atoms with Crippen molar-refractivity contribution in [2.24, 2.45) is 0 Å². The van der Waals surface area contributed by atoms with E-state index in [1.54, 1.807) is 6.07 Å². The number of hydrogen-bond acceptors (Lipinski definition) is 4. The van der Waals surface area contributed by atoms with E-state index >= 15 is 0 Å². The molecule has 0 unspecified atom stereocenters. The number of nitrogen functional groups attached to an aromatic ring is 1. The van der Waals surface area contributed by atoms with Crippen LogP contribution in [0.5, 0.6) is 0 Å². The van der Waals surface area contributed by atoms with Gasteiger partial charge in [0.2, 0.25) is 0 Å². The third kappa shape index (κ3) is 2.58. The van der Waals surface area contributed by atoms with Crippen molar-refractivity contribution in [3.8, 4) is 0 Å². The maximum absolute atomic E-state index is 6.03. The molecule has 0 aliphatic rings. The molecule has 0 saturated heterocycles. The van der Waals surface area contributed by atoms with E-state index in [0.29, 0.717) is 21.7 Å². The summed E-state index contributed by atoms with van der Waals surface area (Å²) in [5, 5.41) is 6.68. The Morgan fingerprint density at radius 3 is 2.88 bits per heavy atom. The molecule has 0 aliphatic carbocycles. The first-order valence-electron chi connectivity index (χ1n) is 4.54. The second-order valence-corrected chi connectivity index (χ2v) is 4.81. The van der Waals surface area contributed by atoms with Gasteiger partial charge in [-0.05, 0) is 12.1 Å². The van der Waals surface area contributed by atoms with Crippen LogP contribution in [0.4, 0.5) is 10.8 Å². The second-order valence-electron chi connectivity index (χ2n) is 3.13. The number of nitrogens with two attached hydrogens (primary N) is 1. The quantitative estimate of drug-likeness (QED) is 0.898. The molecule has 3 N–H and O–H groups in total. The van der Waals surface area contributed by atoms with E-state index in [0.717, 1.165) is 11.4 Å². The summed E-state index contributed by atoms with van der Waals surface area (Å²) < 4.78 is 0. The molecule has 2 aromatic rings. The molecule has 1 aromatic heterocycles. The average molecular weight is 274 g/mol. The van der Waals surface area contributed by atoms with Crippen molar-refractivity contribution in [1.82, 2.24) is 4.98 Å². The van der Waals surface area contributed by atoms with Gasteiger partial charge in [-0.15, -0.1) is 11.3 Å². The van der Waals surface area contributed by atoms with Gasteiger partial charge in [-0.1, -0.05) is 29.3 Å². The molecule has 1 heterocycles. The van der Waals surface area contributed by atoms with E-state index in [9.17, 15) is 0 Å². The van der Waals surface area contributed by atoms with Crippen LogP contribution in [-0.4, -0.2) is 4.98 Å². The Morgan fingerprint density at radius 2 is 2.19 bits per heavy atom. The first-order chi connectivity index (χ1) is 7.66. The van der Waals surface area contributed by atoms with Crippen molar-refractivity contribution in [2.75, 3.05) is 11.1 Å². The summed E-state index contributed by atoms with van der Waals surface area (Å²) in [5.41, 5.74) is 7.21. The Morgan fingerprint density at radius 1 is 1.38 bits per heavy atom. The molecule has 6 heteroatoms. The summed E-state index contributed by atoms with van der Waals surface area (Å²) in [6.45, 7) is 0.577. The van der Waals surface area contributed by atoms with Crippen LogP contribution >= 0.6 is 34.5 Å². The van der Waals surface area contributed by atoms with E-state index < -0.39 is 0 Å². The van der Waals surface area contributed by atoms with Crippen LogP contribution < -0.4 is 11.1 Å². The van der Waals surface area contributed by atoms with Gasteiger partial charge in [0.05, 0.1) is 28.0 Å². The lowest BCUT2D eigenvalue weighted by Gasteiger charge is -2.07. The molecule has 0 amide bonds. The molecule has 0 radical (unpaired) electrons. The molecule has 0 atom stereocenters. The van der Waals surface area contributed by atoms with E-state index in [4.69, 9.17) is 28.9 Å². The monoisotopic (exact) mass is 273 g/mol. The van der Waals surface area contributed by atoms with Crippen molar-refractivity contribution in [2.45, 2.75) is 6.54 Å². The highest BCUT2D eigenvalue weighted by atomic mass is 35.5. The lowest BCUT2D eigenvalue weighted by molar-refractivity contribution is 1.08. The van der Waals surface area contributed by atoms with Crippen LogP contribution in [0.2, 0.25) is 10.0 Å². The Labute approximate surface area is 107 Å². The second kappa shape index (κ2) is 4.91. The first kappa shape index (κ1) is 11.5. The number of hydrogen-bond donors (Lipinski definition) is 2. The van der Waals surface area contributed by atoms with E-state index in [1.807, 2.05) is 17.5 Å². The van der Waals surface area contributed by atoms with Crippen LogP contribution in [0, 0.1) is 0 Å². The van der Waals surface area contributed by atoms with Crippen LogP contribution in [0.3, 0.4) is 0 Å². The number of thiazole rings is 1. The predicted molar refractivity (Wildman–Crippen MR) is 70.3 cm³/mol. The molecule has 1 aromatic carbocycles. The molecule has 0 bridgehead atoms. The summed E-state index contributed by atoms with van der Waals surface area (Å²) in [4.78, 5) is 4.14. The smallest absolute Gasteiger partial charge is 0.180 e. The lowest BCUT2D eigenvalue weighted by atomic mass is 10.3. The third-order valence-electron chi connectivity index (χ3n) is 1.98. The number of nitrogens with zero attached hydrogens (tertiary/aromatic N) is 1. The van der Waals surface area contributed by atoms with Crippen molar-refractivity contribution in [3.05, 3.63) is 39.3 Å². The van der Waals surface area contributed by atoms with Gasteiger partial charge in [0, 0.05) is 5.38 Å². The van der Waals surface area contributed by atoms with Crippen molar-refractivity contribution in [1.29, 1.82) is 0 Å². The highest BCUT2D eigenvalue weighted by molar-refractivity contribution is 7.13. The summed E-state index contributed by atoms with van der Waals surface area (Å²) in [6.07, 6.45) is 0. The highest BCUT2D eigenvalue weighted by Gasteiger charge is 2.04. The molecule has 3 nitrogen and oxygen atoms in total. The van der Waals surface area contributed by atoms with Gasteiger partial charge in [0.25, 0.3) is 0 Å². The van der Waals surface area contributed by atoms with E-state index in [1.165, 1.54) is 11.3 Å². The molecule has 84 valence electrons. The van der Waals surface area contributed by atoms with Gasteiger partial charge in [-0.3, -0.25) is 0 Å². The van der Waals surface area contributed by atoms with Gasteiger partial charge in [-0.25, -0.2) is 4.98 Å². The molecule has 0 saturated carbocycles. The number of anilines is 2. The van der Waals surface area contributed by atoms with Gasteiger partial charge in [-0.2, -0.15) is 0 Å². The van der Waals surface area contributed by atoms with Crippen LogP contribution in [0.15, 0.2) is 23.6 Å². The molecule has 16 heavy (non-hydrogen) atoms. The Balaban J connectivity index is 2.07. The molecule has 0 fully saturated rings. The Bertz CT molecular complexity index is 499. The fourth-order valence-corrected chi connectivity index (χ4v) is 2.16. The number of benzene rings is 1. The maximum Gasteiger partial charge on any atom is 0.180 e. The van der Waals surface area contributed by atoms with Gasteiger partial charge < -0.3 is 11.1 Å². The van der Waals surface area contributed by atoms with Crippen LogP contribution in [0.25, 0.3) is 0 Å². The molecule has 0 spiro atoms. The summed E-state index contributed by atoms with van der Waals surface area (Å²) in [6, 6.07) is 5.45. The number of aromatic nitrogens is 1. The van der Waals surface area contributed by atoms with E-state index in [2.05, 4.69) is 10.3 Å². The largest absolute Gasteiger partial charge is 0.378 e. The zero-order valence-corrected chi connectivity index (χ0v) is 10.5. The average Bonchev–Trinajstić information content (AvgIpc) is 2.67.